The molecule has 94 valence electrons. The molecule has 1 aliphatic rings. The average molecular weight is 260 g/mol. The molecule has 2 N–H and O–H groups in total. The van der Waals surface area contributed by atoms with E-state index in [1.54, 1.807) is 6.07 Å². The zero-order chi connectivity index (χ0) is 12.5. The van der Waals surface area contributed by atoms with E-state index in [1.807, 2.05) is 18.2 Å². The molecule has 2 rings (SSSR count). The molecule has 0 aromatic heterocycles. The lowest BCUT2D eigenvalue weighted by Gasteiger charge is -2.39. The third kappa shape index (κ3) is 2.61. The predicted octanol–water partition coefficient (Wildman–Crippen LogP) is 3.75. The largest absolute Gasteiger partial charge is 0.330 e. The summed E-state index contributed by atoms with van der Waals surface area (Å²) >= 11 is 5.95. The smallest absolute Gasteiger partial charge is 0.248 e. The Balaban J connectivity index is 2.27. The standard InChI is InChI=1S/C13H16ClF2N/c14-11-3-1-2-10(8-11)12(9-17)4-6-13(15,16)7-5-12/h1-3,8H,4-7,9,17H2. The van der Waals surface area contributed by atoms with Gasteiger partial charge in [0.25, 0.3) is 0 Å². The fourth-order valence-corrected chi connectivity index (χ4v) is 2.71. The first-order chi connectivity index (χ1) is 7.97. The molecule has 0 radical (unpaired) electrons. The topological polar surface area (TPSA) is 26.0 Å². The summed E-state index contributed by atoms with van der Waals surface area (Å²) in [5.74, 6) is -2.53. The number of alkyl halides is 2. The summed E-state index contributed by atoms with van der Waals surface area (Å²) in [4.78, 5) is 0. The lowest BCUT2D eigenvalue weighted by atomic mass is 9.68. The SMILES string of the molecule is NCC1(c2cccc(Cl)c2)CCC(F)(F)CC1. The molecule has 1 fully saturated rings. The second-order valence-corrected chi connectivity index (χ2v) is 5.29. The van der Waals surface area contributed by atoms with Crippen molar-refractivity contribution in [2.24, 2.45) is 5.73 Å². The molecule has 1 aromatic rings. The zero-order valence-electron chi connectivity index (χ0n) is 9.56. The molecule has 1 saturated carbocycles. The molecular formula is C13H16ClF2N. The van der Waals surface area contributed by atoms with Gasteiger partial charge < -0.3 is 5.73 Å². The van der Waals surface area contributed by atoms with E-state index in [0.29, 0.717) is 24.4 Å². The fourth-order valence-electron chi connectivity index (χ4n) is 2.52. The molecule has 1 aromatic carbocycles. The second kappa shape index (κ2) is 4.54. The maximum atomic E-state index is 13.2. The van der Waals surface area contributed by atoms with Gasteiger partial charge in [0, 0.05) is 29.8 Å². The Morgan fingerprint density at radius 1 is 1.18 bits per heavy atom. The van der Waals surface area contributed by atoms with Crippen LogP contribution in [0, 0.1) is 0 Å². The summed E-state index contributed by atoms with van der Waals surface area (Å²) in [5.41, 5.74) is 6.48. The van der Waals surface area contributed by atoms with E-state index in [0.717, 1.165) is 5.56 Å². The van der Waals surface area contributed by atoms with E-state index in [-0.39, 0.29) is 18.3 Å². The van der Waals surface area contributed by atoms with Crippen molar-refractivity contribution in [2.45, 2.75) is 37.0 Å². The van der Waals surface area contributed by atoms with Crippen molar-refractivity contribution in [3.63, 3.8) is 0 Å². The summed E-state index contributed by atoms with van der Waals surface area (Å²) in [5, 5.41) is 0.632. The van der Waals surface area contributed by atoms with Crippen LogP contribution in [-0.4, -0.2) is 12.5 Å². The van der Waals surface area contributed by atoms with Gasteiger partial charge in [-0.15, -0.1) is 0 Å². The van der Waals surface area contributed by atoms with Crippen LogP contribution in [0.3, 0.4) is 0 Å². The molecule has 0 amide bonds. The highest BCUT2D eigenvalue weighted by atomic mass is 35.5. The minimum atomic E-state index is -2.53. The first-order valence-corrected chi connectivity index (χ1v) is 6.19. The molecule has 4 heteroatoms. The Labute approximate surface area is 105 Å². The van der Waals surface area contributed by atoms with Crippen molar-refractivity contribution in [2.75, 3.05) is 6.54 Å². The summed E-state index contributed by atoms with van der Waals surface area (Å²) in [6.45, 7) is 0.392. The van der Waals surface area contributed by atoms with Gasteiger partial charge in [0.15, 0.2) is 0 Å². The number of benzene rings is 1. The van der Waals surface area contributed by atoms with Crippen LogP contribution in [0.1, 0.15) is 31.2 Å². The monoisotopic (exact) mass is 259 g/mol. The summed E-state index contributed by atoms with van der Waals surface area (Å²) < 4.78 is 26.4. The number of halogens is 3. The van der Waals surface area contributed by atoms with Gasteiger partial charge in [0.05, 0.1) is 0 Å². The van der Waals surface area contributed by atoms with E-state index in [4.69, 9.17) is 17.3 Å². The van der Waals surface area contributed by atoms with E-state index in [1.165, 1.54) is 0 Å². The van der Waals surface area contributed by atoms with Crippen LogP contribution < -0.4 is 5.73 Å². The lowest BCUT2D eigenvalue weighted by molar-refractivity contribution is -0.0509. The normalized spacial score (nSPS) is 22.4. The molecule has 0 bridgehead atoms. The fraction of sp³-hybridized carbons (Fsp3) is 0.538. The Morgan fingerprint density at radius 3 is 2.35 bits per heavy atom. The highest BCUT2D eigenvalue weighted by Crippen LogP contribution is 2.45. The van der Waals surface area contributed by atoms with E-state index >= 15 is 0 Å². The lowest BCUT2D eigenvalue weighted by Crippen LogP contribution is -2.42. The van der Waals surface area contributed by atoms with Gasteiger partial charge >= 0.3 is 0 Å². The Bertz CT molecular complexity index is 396. The van der Waals surface area contributed by atoms with Crippen LogP contribution in [0.4, 0.5) is 8.78 Å². The van der Waals surface area contributed by atoms with Crippen molar-refractivity contribution < 1.29 is 8.78 Å². The minimum absolute atomic E-state index is 0.0866. The third-order valence-electron chi connectivity index (χ3n) is 3.77. The van der Waals surface area contributed by atoms with Gasteiger partial charge in [-0.05, 0) is 30.5 Å². The molecule has 0 spiro atoms. The minimum Gasteiger partial charge on any atom is -0.330 e. The van der Waals surface area contributed by atoms with E-state index in [2.05, 4.69) is 0 Å². The number of nitrogens with two attached hydrogens (primary N) is 1. The van der Waals surface area contributed by atoms with Crippen molar-refractivity contribution in [1.29, 1.82) is 0 Å². The third-order valence-corrected chi connectivity index (χ3v) is 4.00. The van der Waals surface area contributed by atoms with Gasteiger partial charge in [-0.3, -0.25) is 0 Å². The van der Waals surface area contributed by atoms with Crippen molar-refractivity contribution in [3.05, 3.63) is 34.9 Å². The molecule has 0 heterocycles. The van der Waals surface area contributed by atoms with Crippen LogP contribution in [0.15, 0.2) is 24.3 Å². The Hall–Kier alpha value is -0.670. The van der Waals surface area contributed by atoms with Crippen LogP contribution in [0.25, 0.3) is 0 Å². The first kappa shape index (κ1) is 12.8. The maximum Gasteiger partial charge on any atom is 0.248 e. The molecule has 1 nitrogen and oxygen atoms in total. The summed E-state index contributed by atoms with van der Waals surface area (Å²) in [7, 11) is 0. The quantitative estimate of drug-likeness (QED) is 0.860. The molecule has 0 saturated heterocycles. The van der Waals surface area contributed by atoms with Crippen LogP contribution in [0.5, 0.6) is 0 Å². The Kier molecular flexibility index (Phi) is 3.41. The van der Waals surface area contributed by atoms with Crippen LogP contribution in [0.2, 0.25) is 5.02 Å². The highest BCUT2D eigenvalue weighted by Gasteiger charge is 2.43. The van der Waals surface area contributed by atoms with Crippen LogP contribution in [-0.2, 0) is 5.41 Å². The second-order valence-electron chi connectivity index (χ2n) is 4.85. The van der Waals surface area contributed by atoms with Gasteiger partial charge in [0.2, 0.25) is 5.92 Å². The molecule has 17 heavy (non-hydrogen) atoms. The summed E-state index contributed by atoms with van der Waals surface area (Å²) in [6.07, 6.45) is 0.682. The molecule has 1 aliphatic carbocycles. The van der Waals surface area contributed by atoms with Gasteiger partial charge in [-0.1, -0.05) is 23.7 Å². The highest BCUT2D eigenvalue weighted by molar-refractivity contribution is 6.30. The van der Waals surface area contributed by atoms with Crippen molar-refractivity contribution >= 4 is 11.6 Å². The molecule has 0 unspecified atom stereocenters. The van der Waals surface area contributed by atoms with Gasteiger partial charge in [-0.25, -0.2) is 8.78 Å². The first-order valence-electron chi connectivity index (χ1n) is 5.81. The number of hydrogen-bond acceptors (Lipinski definition) is 1. The van der Waals surface area contributed by atoms with Gasteiger partial charge in [0.1, 0.15) is 0 Å². The average Bonchev–Trinajstić information content (AvgIpc) is 2.30. The molecular weight excluding hydrogens is 244 g/mol. The summed E-state index contributed by atoms with van der Waals surface area (Å²) in [6, 6.07) is 7.41. The number of hydrogen-bond donors (Lipinski definition) is 1. The van der Waals surface area contributed by atoms with Crippen molar-refractivity contribution in [3.8, 4) is 0 Å². The van der Waals surface area contributed by atoms with Crippen LogP contribution >= 0.6 is 11.6 Å². The molecule has 0 atom stereocenters. The molecule has 0 aliphatic heterocycles. The maximum absolute atomic E-state index is 13.2. The van der Waals surface area contributed by atoms with E-state index < -0.39 is 5.92 Å². The van der Waals surface area contributed by atoms with E-state index in [9.17, 15) is 8.78 Å². The zero-order valence-corrected chi connectivity index (χ0v) is 10.3. The number of rotatable bonds is 2. The van der Waals surface area contributed by atoms with Gasteiger partial charge in [-0.2, -0.15) is 0 Å². The Morgan fingerprint density at radius 2 is 1.82 bits per heavy atom. The predicted molar refractivity (Wildman–Crippen MR) is 65.6 cm³/mol. The van der Waals surface area contributed by atoms with Crippen molar-refractivity contribution in [1.82, 2.24) is 0 Å².